The Morgan fingerprint density at radius 2 is 1.33 bits per heavy atom. The van der Waals surface area contributed by atoms with Gasteiger partial charge in [-0.05, 0) is 63.9 Å². The number of amides is 1. The second kappa shape index (κ2) is 12.4. The molecular weight excluding hydrogens is 559 g/mol. The summed E-state index contributed by atoms with van der Waals surface area (Å²) in [5, 5.41) is 4.03. The van der Waals surface area contributed by atoms with Gasteiger partial charge in [-0.15, -0.1) is 0 Å². The van der Waals surface area contributed by atoms with Crippen molar-refractivity contribution in [1.82, 2.24) is 10.2 Å². The molecule has 226 valence electrons. The predicted octanol–water partition coefficient (Wildman–Crippen LogP) is 7.38. The van der Waals surface area contributed by atoms with Crippen LogP contribution in [0.25, 0.3) is 0 Å². The van der Waals surface area contributed by atoms with E-state index in [1.54, 1.807) is 13.2 Å². The number of rotatable bonds is 8. The lowest BCUT2D eigenvalue weighted by Gasteiger charge is -2.39. The largest absolute Gasteiger partial charge is 0.375 e. The molecule has 7 rings (SSSR count). The molecule has 0 spiro atoms. The molecule has 0 saturated carbocycles. The molecule has 45 heavy (non-hydrogen) atoms. The summed E-state index contributed by atoms with van der Waals surface area (Å²) in [6.45, 7) is 0.487. The maximum atomic E-state index is 14.9. The fraction of sp³-hybridized carbons (Fsp3) is 0.225. The fourth-order valence-corrected chi connectivity index (χ4v) is 7.76. The Morgan fingerprint density at radius 1 is 0.778 bits per heavy atom. The Hall–Kier alpha value is -4.58. The van der Waals surface area contributed by atoms with Crippen LogP contribution in [0.4, 0.5) is 4.39 Å². The highest BCUT2D eigenvalue weighted by atomic mass is 19.1. The van der Waals surface area contributed by atoms with Gasteiger partial charge in [0.05, 0.1) is 11.6 Å². The van der Waals surface area contributed by atoms with Crippen molar-refractivity contribution in [2.24, 2.45) is 0 Å². The molecular formula is C40H37FN2O2. The number of hydrogen-bond donors (Lipinski definition) is 1. The molecule has 1 aliphatic heterocycles. The highest BCUT2D eigenvalue weighted by Gasteiger charge is 2.48. The van der Waals surface area contributed by atoms with Gasteiger partial charge in [0, 0.05) is 25.6 Å². The number of ether oxygens (including phenoxy) is 1. The van der Waals surface area contributed by atoms with Gasteiger partial charge < -0.3 is 9.64 Å². The van der Waals surface area contributed by atoms with E-state index in [-0.39, 0.29) is 36.3 Å². The number of nitrogens with zero attached hydrogens (tertiary/aromatic N) is 1. The van der Waals surface area contributed by atoms with Gasteiger partial charge in [0.25, 0.3) is 0 Å². The minimum absolute atomic E-state index is 0.0245. The van der Waals surface area contributed by atoms with Gasteiger partial charge in [-0.2, -0.15) is 0 Å². The van der Waals surface area contributed by atoms with Crippen molar-refractivity contribution in [2.75, 3.05) is 20.3 Å². The van der Waals surface area contributed by atoms with E-state index >= 15 is 0 Å². The van der Waals surface area contributed by atoms with E-state index in [4.69, 9.17) is 4.74 Å². The second-order valence-electron chi connectivity index (χ2n) is 12.1. The molecule has 1 fully saturated rings. The first-order valence-electron chi connectivity index (χ1n) is 15.7. The molecule has 0 bridgehead atoms. The van der Waals surface area contributed by atoms with Crippen molar-refractivity contribution >= 4 is 5.91 Å². The normalized spacial score (nSPS) is 18.9. The maximum absolute atomic E-state index is 14.9. The van der Waals surface area contributed by atoms with Crippen LogP contribution in [-0.4, -0.2) is 37.1 Å². The Balaban J connectivity index is 1.36. The van der Waals surface area contributed by atoms with Gasteiger partial charge in [0.2, 0.25) is 5.91 Å². The smallest absolute Gasteiger partial charge is 0.249 e. The summed E-state index contributed by atoms with van der Waals surface area (Å²) in [5.41, 5.74) is 7.09. The third-order valence-corrected chi connectivity index (χ3v) is 9.64. The average molecular weight is 597 g/mol. The van der Waals surface area contributed by atoms with Crippen molar-refractivity contribution < 1.29 is 13.9 Å². The molecule has 5 aromatic carbocycles. The molecule has 1 N–H and O–H groups in total. The third kappa shape index (κ3) is 5.26. The summed E-state index contributed by atoms with van der Waals surface area (Å²) in [4.78, 5) is 16.0. The number of halogens is 1. The summed E-state index contributed by atoms with van der Waals surface area (Å²) >= 11 is 0. The third-order valence-electron chi connectivity index (χ3n) is 9.64. The van der Waals surface area contributed by atoms with Crippen molar-refractivity contribution in [2.45, 2.75) is 36.4 Å². The standard InChI is InChI=1S/C40H37FN2O2/c1-45-27-38(44)43-34(25-37-35-20-12-11-13-28(35)23-29-21-22-33(41)24-36(29)39(37)43)26-42-40(30-14-5-2-6-15-30,31-16-7-3-8-17-31)32-18-9-4-10-19-32/h2-22,24,34,37,39,42H,23,25-27H2,1H3/t34-,37-,39-/m1/s1. The summed E-state index contributed by atoms with van der Waals surface area (Å²) < 4.78 is 20.3. The van der Waals surface area contributed by atoms with Gasteiger partial charge >= 0.3 is 0 Å². The number of benzene rings is 5. The Kier molecular flexibility index (Phi) is 8.05. The number of fused-ring (bicyclic) bond motifs is 5. The lowest BCUT2D eigenvalue weighted by Crippen LogP contribution is -2.51. The van der Waals surface area contributed by atoms with E-state index in [0.717, 1.165) is 34.2 Å². The van der Waals surface area contributed by atoms with Crippen LogP contribution in [0.15, 0.2) is 133 Å². The van der Waals surface area contributed by atoms with Crippen LogP contribution in [0.5, 0.6) is 0 Å². The lowest BCUT2D eigenvalue weighted by molar-refractivity contribution is -0.138. The molecule has 5 aromatic rings. The van der Waals surface area contributed by atoms with Crippen molar-refractivity contribution in [1.29, 1.82) is 0 Å². The zero-order chi connectivity index (χ0) is 30.8. The van der Waals surface area contributed by atoms with E-state index in [0.29, 0.717) is 13.0 Å². The lowest BCUT2D eigenvalue weighted by atomic mass is 9.76. The van der Waals surface area contributed by atoms with Crippen molar-refractivity contribution in [3.63, 3.8) is 0 Å². The number of hydrogen-bond acceptors (Lipinski definition) is 3. The highest BCUT2D eigenvalue weighted by Crippen LogP contribution is 2.51. The van der Waals surface area contributed by atoms with Crippen molar-refractivity contribution in [3.8, 4) is 0 Å². The Morgan fingerprint density at radius 3 is 1.93 bits per heavy atom. The second-order valence-corrected chi connectivity index (χ2v) is 12.1. The molecule has 1 heterocycles. The first kappa shape index (κ1) is 29.1. The maximum Gasteiger partial charge on any atom is 0.249 e. The molecule has 0 unspecified atom stereocenters. The molecule has 3 atom stereocenters. The first-order chi connectivity index (χ1) is 22.1. The Labute approximate surface area is 264 Å². The van der Waals surface area contributed by atoms with E-state index in [1.165, 1.54) is 17.2 Å². The molecule has 1 amide bonds. The SMILES string of the molecule is COCC(=O)N1[C@@H](CNC(c2ccccc2)(c2ccccc2)c2ccccc2)C[C@@H]2c3ccccc3Cc3ccc(F)cc3[C@H]21. The molecule has 0 aromatic heterocycles. The number of likely N-dealkylation sites (tertiary alicyclic amines) is 1. The fourth-order valence-electron chi connectivity index (χ4n) is 7.76. The monoisotopic (exact) mass is 596 g/mol. The number of methoxy groups -OCH3 is 1. The first-order valence-corrected chi connectivity index (χ1v) is 15.7. The average Bonchev–Trinajstić information content (AvgIpc) is 3.41. The molecule has 2 aliphatic rings. The predicted molar refractivity (Wildman–Crippen MR) is 175 cm³/mol. The van der Waals surface area contributed by atoms with Gasteiger partial charge in [0.1, 0.15) is 12.4 Å². The van der Waals surface area contributed by atoms with Gasteiger partial charge in [-0.1, -0.05) is 121 Å². The zero-order valence-corrected chi connectivity index (χ0v) is 25.4. The van der Waals surface area contributed by atoms with Gasteiger partial charge in [-0.25, -0.2) is 4.39 Å². The summed E-state index contributed by atoms with van der Waals surface area (Å²) in [5.74, 6) is -0.344. The van der Waals surface area contributed by atoms with Crippen LogP contribution in [0, 0.1) is 5.82 Å². The summed E-state index contributed by atoms with van der Waals surface area (Å²) in [7, 11) is 1.56. The van der Waals surface area contributed by atoms with Crippen LogP contribution in [0.3, 0.4) is 0 Å². The van der Waals surface area contributed by atoms with Crippen LogP contribution in [0.1, 0.15) is 57.3 Å². The zero-order valence-electron chi connectivity index (χ0n) is 25.4. The quantitative estimate of drug-likeness (QED) is 0.190. The summed E-state index contributed by atoms with van der Waals surface area (Å²) in [6.07, 6.45) is 1.46. The number of nitrogens with one attached hydrogen (secondary N) is 1. The molecule has 0 radical (unpaired) electrons. The number of carbonyl (C=O) groups excluding carboxylic acids is 1. The van der Waals surface area contributed by atoms with E-state index < -0.39 is 5.54 Å². The van der Waals surface area contributed by atoms with E-state index in [2.05, 4.69) is 102 Å². The summed E-state index contributed by atoms with van der Waals surface area (Å²) in [6, 6.07) is 44.6. The molecule has 1 saturated heterocycles. The minimum atomic E-state index is -0.674. The molecule has 1 aliphatic carbocycles. The number of carbonyl (C=O) groups is 1. The van der Waals surface area contributed by atoms with Crippen LogP contribution in [0.2, 0.25) is 0 Å². The van der Waals surface area contributed by atoms with Crippen molar-refractivity contribution in [3.05, 3.63) is 178 Å². The van der Waals surface area contributed by atoms with Crippen LogP contribution in [-0.2, 0) is 21.5 Å². The highest BCUT2D eigenvalue weighted by molar-refractivity contribution is 5.79. The topological polar surface area (TPSA) is 41.6 Å². The van der Waals surface area contributed by atoms with Gasteiger partial charge in [0.15, 0.2) is 0 Å². The molecule has 4 nitrogen and oxygen atoms in total. The Bertz CT molecular complexity index is 1680. The van der Waals surface area contributed by atoms with Crippen LogP contribution < -0.4 is 5.32 Å². The van der Waals surface area contributed by atoms with E-state index in [9.17, 15) is 9.18 Å². The van der Waals surface area contributed by atoms with Crippen LogP contribution >= 0.6 is 0 Å². The van der Waals surface area contributed by atoms with E-state index in [1.807, 2.05) is 29.2 Å². The molecule has 5 heteroatoms. The van der Waals surface area contributed by atoms with Gasteiger partial charge in [-0.3, -0.25) is 10.1 Å². The minimum Gasteiger partial charge on any atom is -0.375 e.